The standard InChI is InChI=1S/C12H17BrN2O/c1-8-6-5-7-9(10(8)13)15-11(16)12(2,3)14-4/h5-7,14H,1-4H3,(H,15,16). The van der Waals surface area contributed by atoms with Crippen LogP contribution in [0.2, 0.25) is 0 Å². The Morgan fingerprint density at radius 2 is 2.00 bits per heavy atom. The number of carbonyl (C=O) groups is 1. The van der Waals surface area contributed by atoms with Crippen LogP contribution < -0.4 is 10.6 Å². The van der Waals surface area contributed by atoms with E-state index in [9.17, 15) is 4.79 Å². The molecule has 0 atom stereocenters. The number of halogens is 1. The average molecular weight is 285 g/mol. The lowest BCUT2D eigenvalue weighted by molar-refractivity contribution is -0.121. The number of nitrogens with one attached hydrogen (secondary N) is 2. The number of anilines is 1. The molecule has 4 heteroatoms. The van der Waals surface area contributed by atoms with Gasteiger partial charge < -0.3 is 10.6 Å². The van der Waals surface area contributed by atoms with E-state index in [0.717, 1.165) is 15.7 Å². The van der Waals surface area contributed by atoms with Gasteiger partial charge in [0.2, 0.25) is 5.91 Å². The van der Waals surface area contributed by atoms with E-state index < -0.39 is 5.54 Å². The second-order valence-corrected chi connectivity index (χ2v) is 5.06. The van der Waals surface area contributed by atoms with Crippen molar-refractivity contribution >= 4 is 27.5 Å². The molecule has 0 heterocycles. The third-order valence-corrected chi connectivity index (χ3v) is 3.69. The fourth-order valence-electron chi connectivity index (χ4n) is 1.14. The molecular formula is C12H17BrN2O. The quantitative estimate of drug-likeness (QED) is 0.896. The second kappa shape index (κ2) is 4.97. The zero-order chi connectivity index (χ0) is 12.3. The first-order valence-electron chi connectivity index (χ1n) is 5.14. The first-order chi connectivity index (χ1) is 7.38. The molecule has 0 radical (unpaired) electrons. The van der Waals surface area contributed by atoms with Crippen LogP contribution in [0.25, 0.3) is 0 Å². The molecule has 1 aromatic rings. The summed E-state index contributed by atoms with van der Waals surface area (Å²) in [6.45, 7) is 5.67. The highest BCUT2D eigenvalue weighted by molar-refractivity contribution is 9.10. The molecule has 0 saturated heterocycles. The lowest BCUT2D eigenvalue weighted by Gasteiger charge is -2.23. The summed E-state index contributed by atoms with van der Waals surface area (Å²) in [5.74, 6) is -0.0544. The van der Waals surface area contributed by atoms with Crippen LogP contribution in [0.15, 0.2) is 22.7 Å². The zero-order valence-electron chi connectivity index (χ0n) is 10.0. The molecule has 0 saturated carbocycles. The maximum atomic E-state index is 11.9. The lowest BCUT2D eigenvalue weighted by atomic mass is 10.0. The van der Waals surface area contributed by atoms with Crippen LogP contribution in [-0.4, -0.2) is 18.5 Å². The molecule has 1 aromatic carbocycles. The van der Waals surface area contributed by atoms with Crippen LogP contribution in [0.5, 0.6) is 0 Å². The van der Waals surface area contributed by atoms with E-state index in [0.29, 0.717) is 0 Å². The van der Waals surface area contributed by atoms with Crippen LogP contribution in [0, 0.1) is 6.92 Å². The van der Waals surface area contributed by atoms with E-state index in [2.05, 4.69) is 26.6 Å². The summed E-state index contributed by atoms with van der Waals surface area (Å²) >= 11 is 3.46. The van der Waals surface area contributed by atoms with Gasteiger partial charge in [-0.15, -0.1) is 0 Å². The van der Waals surface area contributed by atoms with Gasteiger partial charge in [0.25, 0.3) is 0 Å². The van der Waals surface area contributed by atoms with Gasteiger partial charge in [-0.2, -0.15) is 0 Å². The number of benzene rings is 1. The second-order valence-electron chi connectivity index (χ2n) is 4.27. The maximum Gasteiger partial charge on any atom is 0.244 e. The Hall–Kier alpha value is -0.870. The van der Waals surface area contributed by atoms with Crippen molar-refractivity contribution in [3.05, 3.63) is 28.2 Å². The Kier molecular flexibility index (Phi) is 4.10. The van der Waals surface area contributed by atoms with Gasteiger partial charge >= 0.3 is 0 Å². The number of amides is 1. The molecule has 0 aliphatic heterocycles. The van der Waals surface area contributed by atoms with Gasteiger partial charge in [-0.05, 0) is 55.4 Å². The number of hydrogen-bond donors (Lipinski definition) is 2. The van der Waals surface area contributed by atoms with Crippen molar-refractivity contribution in [1.82, 2.24) is 5.32 Å². The fraction of sp³-hybridized carbons (Fsp3) is 0.417. The molecule has 0 spiro atoms. The SMILES string of the molecule is CNC(C)(C)C(=O)Nc1cccc(C)c1Br. The fourth-order valence-corrected chi connectivity index (χ4v) is 1.50. The number of hydrogen-bond acceptors (Lipinski definition) is 2. The molecule has 88 valence electrons. The normalized spacial score (nSPS) is 11.3. The van der Waals surface area contributed by atoms with Gasteiger partial charge in [-0.3, -0.25) is 4.79 Å². The minimum atomic E-state index is -0.580. The van der Waals surface area contributed by atoms with Gasteiger partial charge in [-0.1, -0.05) is 12.1 Å². The van der Waals surface area contributed by atoms with E-state index >= 15 is 0 Å². The molecule has 2 N–H and O–H groups in total. The van der Waals surface area contributed by atoms with Crippen molar-refractivity contribution in [2.24, 2.45) is 0 Å². The molecular weight excluding hydrogens is 268 g/mol. The Bertz CT molecular complexity index is 402. The summed E-state index contributed by atoms with van der Waals surface area (Å²) in [4.78, 5) is 11.9. The Morgan fingerprint density at radius 3 is 2.56 bits per heavy atom. The average Bonchev–Trinajstić information content (AvgIpc) is 2.24. The van der Waals surface area contributed by atoms with Gasteiger partial charge in [0.15, 0.2) is 0 Å². The van der Waals surface area contributed by atoms with Crippen LogP contribution >= 0.6 is 15.9 Å². The molecule has 16 heavy (non-hydrogen) atoms. The summed E-state index contributed by atoms with van der Waals surface area (Å²) in [5, 5.41) is 5.86. The third kappa shape index (κ3) is 2.83. The molecule has 3 nitrogen and oxygen atoms in total. The van der Waals surface area contributed by atoms with Crippen molar-refractivity contribution in [3.63, 3.8) is 0 Å². The van der Waals surface area contributed by atoms with Gasteiger partial charge in [0.1, 0.15) is 0 Å². The van der Waals surface area contributed by atoms with Crippen molar-refractivity contribution < 1.29 is 4.79 Å². The van der Waals surface area contributed by atoms with Gasteiger partial charge in [0.05, 0.1) is 11.2 Å². The first kappa shape index (κ1) is 13.2. The predicted molar refractivity (Wildman–Crippen MR) is 70.6 cm³/mol. The maximum absolute atomic E-state index is 11.9. The molecule has 0 fully saturated rings. The summed E-state index contributed by atoms with van der Waals surface area (Å²) in [7, 11) is 1.77. The van der Waals surface area contributed by atoms with Crippen LogP contribution in [0.3, 0.4) is 0 Å². The topological polar surface area (TPSA) is 41.1 Å². The van der Waals surface area contributed by atoms with E-state index in [1.165, 1.54) is 0 Å². The monoisotopic (exact) mass is 284 g/mol. The number of carbonyl (C=O) groups excluding carboxylic acids is 1. The molecule has 0 aromatic heterocycles. The Balaban J connectivity index is 2.90. The highest BCUT2D eigenvalue weighted by Gasteiger charge is 2.25. The van der Waals surface area contributed by atoms with Gasteiger partial charge in [0, 0.05) is 4.47 Å². The molecule has 0 unspecified atom stereocenters. The van der Waals surface area contributed by atoms with E-state index in [1.54, 1.807) is 7.05 Å². The minimum absolute atomic E-state index is 0.0544. The van der Waals surface area contributed by atoms with E-state index in [-0.39, 0.29) is 5.91 Å². The Labute approximate surface area is 105 Å². The summed E-state index contributed by atoms with van der Waals surface area (Å²) in [5.41, 5.74) is 1.32. The first-order valence-corrected chi connectivity index (χ1v) is 5.93. The predicted octanol–water partition coefficient (Wildman–Crippen LogP) is 2.69. The summed E-state index contributed by atoms with van der Waals surface area (Å²) in [6.07, 6.45) is 0. The zero-order valence-corrected chi connectivity index (χ0v) is 11.6. The number of aryl methyl sites for hydroxylation is 1. The molecule has 0 bridgehead atoms. The summed E-state index contributed by atoms with van der Waals surface area (Å²) < 4.78 is 0.926. The summed E-state index contributed by atoms with van der Waals surface area (Å²) in [6, 6.07) is 5.78. The van der Waals surface area contributed by atoms with Crippen LogP contribution in [0.1, 0.15) is 19.4 Å². The molecule has 0 aliphatic carbocycles. The molecule has 1 rings (SSSR count). The molecule has 0 aliphatic rings. The van der Waals surface area contributed by atoms with Crippen molar-refractivity contribution in [3.8, 4) is 0 Å². The van der Waals surface area contributed by atoms with Crippen molar-refractivity contribution in [2.75, 3.05) is 12.4 Å². The minimum Gasteiger partial charge on any atom is -0.323 e. The van der Waals surface area contributed by atoms with E-state index in [1.807, 2.05) is 39.0 Å². The number of rotatable bonds is 3. The van der Waals surface area contributed by atoms with Crippen LogP contribution in [-0.2, 0) is 4.79 Å². The number of likely N-dealkylation sites (N-methyl/N-ethyl adjacent to an activating group) is 1. The van der Waals surface area contributed by atoms with Crippen molar-refractivity contribution in [1.29, 1.82) is 0 Å². The molecule has 1 amide bonds. The van der Waals surface area contributed by atoms with Crippen LogP contribution in [0.4, 0.5) is 5.69 Å². The highest BCUT2D eigenvalue weighted by Crippen LogP contribution is 2.26. The largest absolute Gasteiger partial charge is 0.323 e. The third-order valence-electron chi connectivity index (χ3n) is 2.63. The Morgan fingerprint density at radius 1 is 1.38 bits per heavy atom. The lowest BCUT2D eigenvalue weighted by Crippen LogP contribution is -2.47. The highest BCUT2D eigenvalue weighted by atomic mass is 79.9. The van der Waals surface area contributed by atoms with Crippen molar-refractivity contribution in [2.45, 2.75) is 26.3 Å². The van der Waals surface area contributed by atoms with Gasteiger partial charge in [-0.25, -0.2) is 0 Å². The van der Waals surface area contributed by atoms with E-state index in [4.69, 9.17) is 0 Å². The smallest absolute Gasteiger partial charge is 0.244 e.